The van der Waals surface area contributed by atoms with Crippen LogP contribution in [0, 0.1) is 0 Å². The Morgan fingerprint density at radius 3 is 2.25 bits per heavy atom. The van der Waals surface area contributed by atoms with Gasteiger partial charge in [-0.1, -0.05) is 48.0 Å². The first kappa shape index (κ1) is 31.3. The number of carbonyl (C=O) groups excluding carboxylic acids is 3. The summed E-state index contributed by atoms with van der Waals surface area (Å²) in [5, 5.41) is 3.84. The summed E-state index contributed by atoms with van der Waals surface area (Å²) in [6.45, 7) is 0.309. The second kappa shape index (κ2) is 13.7. The molecule has 1 aromatic heterocycles. The van der Waals surface area contributed by atoms with Gasteiger partial charge in [0.25, 0.3) is 11.8 Å². The fourth-order valence-electron chi connectivity index (χ4n) is 5.66. The van der Waals surface area contributed by atoms with Gasteiger partial charge in [0.1, 0.15) is 16.7 Å². The maximum absolute atomic E-state index is 14.3. The van der Waals surface area contributed by atoms with Crippen molar-refractivity contribution in [2.75, 3.05) is 28.3 Å². The summed E-state index contributed by atoms with van der Waals surface area (Å²) in [6.07, 6.45) is 2.02. The number of hydrogen-bond acceptors (Lipinski definition) is 6. The Labute approximate surface area is 266 Å². The zero-order valence-corrected chi connectivity index (χ0v) is 26.8. The second-order valence-electron chi connectivity index (χ2n) is 11.1. The predicted molar refractivity (Wildman–Crippen MR) is 175 cm³/mol. The van der Waals surface area contributed by atoms with Crippen molar-refractivity contribution in [3.8, 4) is 16.9 Å². The van der Waals surface area contributed by atoms with Gasteiger partial charge >= 0.3 is 6.09 Å². The Hall–Kier alpha value is -4.08. The fraction of sp³-hybridized carbons (Fsp3) is 0.324. The Balaban J connectivity index is 1.47. The lowest BCUT2D eigenvalue weighted by Crippen LogP contribution is -2.43. The Bertz CT molecular complexity index is 1660. The van der Waals surface area contributed by atoms with Crippen LogP contribution >= 0.6 is 22.9 Å². The van der Waals surface area contributed by atoms with Crippen LogP contribution in [0.4, 0.5) is 4.79 Å². The molecular weight excluding hydrogens is 598 g/mol. The van der Waals surface area contributed by atoms with E-state index in [0.29, 0.717) is 53.4 Å². The number of rotatable bonds is 8. The van der Waals surface area contributed by atoms with Crippen LogP contribution in [0.3, 0.4) is 0 Å². The van der Waals surface area contributed by atoms with Gasteiger partial charge in [-0.3, -0.25) is 9.59 Å². The molecule has 1 heterocycles. The monoisotopic (exact) mass is 633 g/mol. The van der Waals surface area contributed by atoms with E-state index in [1.165, 1.54) is 11.3 Å². The molecule has 0 radical (unpaired) electrons. The molecule has 0 unspecified atom stereocenters. The van der Waals surface area contributed by atoms with E-state index < -0.39 is 6.09 Å². The Kier molecular flexibility index (Phi) is 9.76. The number of hydrogen-bond donors (Lipinski definition) is 1. The highest BCUT2D eigenvalue weighted by Crippen LogP contribution is 2.38. The summed E-state index contributed by atoms with van der Waals surface area (Å²) < 4.78 is 12.2. The van der Waals surface area contributed by atoms with Crippen LogP contribution in [0.2, 0.25) is 5.02 Å². The quantitative estimate of drug-likeness (QED) is 0.221. The van der Waals surface area contributed by atoms with Gasteiger partial charge in [-0.2, -0.15) is 0 Å². The molecule has 1 aliphatic carbocycles. The molecule has 5 rings (SSSR count). The van der Waals surface area contributed by atoms with Gasteiger partial charge in [0.05, 0.1) is 12.1 Å². The lowest BCUT2D eigenvalue weighted by Gasteiger charge is -2.37. The van der Waals surface area contributed by atoms with E-state index in [0.717, 1.165) is 26.8 Å². The van der Waals surface area contributed by atoms with Crippen LogP contribution in [0.1, 0.15) is 51.3 Å². The van der Waals surface area contributed by atoms with Crippen molar-refractivity contribution < 1.29 is 23.9 Å². The number of amides is 3. The van der Waals surface area contributed by atoms with Crippen molar-refractivity contribution in [3.05, 3.63) is 87.8 Å². The molecule has 230 valence electrons. The first-order valence-corrected chi connectivity index (χ1v) is 15.7. The maximum Gasteiger partial charge on any atom is 0.407 e. The number of carbonyl (C=O) groups is 3. The molecule has 8 nitrogen and oxygen atoms in total. The van der Waals surface area contributed by atoms with E-state index in [1.807, 2.05) is 71.6 Å². The molecule has 3 aromatic carbocycles. The van der Waals surface area contributed by atoms with E-state index in [1.54, 1.807) is 33.2 Å². The molecule has 0 aliphatic heterocycles. The molecule has 10 heteroatoms. The van der Waals surface area contributed by atoms with Gasteiger partial charge < -0.3 is 24.6 Å². The molecule has 1 N–H and O–H groups in total. The van der Waals surface area contributed by atoms with Crippen LogP contribution in [0.25, 0.3) is 21.2 Å². The standard InChI is InChI=1S/C34H36ClN3O5S/c1-36-34(41)43-26-16-14-25(15-17-26)38(33(40)31-30(35)27-7-5-6-8-29(27)44-31)20-24-19-23(13-18-28(24)42-4)21-9-11-22(12-10-21)32(39)37(2)3/h5-13,18-19,25-26H,14-17,20H2,1-4H3,(H,36,41). The number of methoxy groups -OCH3 is 1. The van der Waals surface area contributed by atoms with Gasteiger partial charge in [0, 0.05) is 54.9 Å². The zero-order valence-electron chi connectivity index (χ0n) is 25.3. The number of ether oxygens (including phenoxy) is 2. The topological polar surface area (TPSA) is 88.2 Å². The summed E-state index contributed by atoms with van der Waals surface area (Å²) in [6, 6.07) is 21.1. The van der Waals surface area contributed by atoms with E-state index in [-0.39, 0.29) is 24.0 Å². The van der Waals surface area contributed by atoms with E-state index in [9.17, 15) is 14.4 Å². The number of nitrogens with one attached hydrogen (secondary N) is 1. The first-order chi connectivity index (χ1) is 21.2. The maximum atomic E-state index is 14.3. The van der Waals surface area contributed by atoms with Gasteiger partial charge in [0.15, 0.2) is 0 Å². The van der Waals surface area contributed by atoms with Crippen molar-refractivity contribution in [2.24, 2.45) is 0 Å². The molecule has 0 spiro atoms. The molecule has 4 aromatic rings. The van der Waals surface area contributed by atoms with Crippen molar-refractivity contribution in [1.82, 2.24) is 15.1 Å². The lowest BCUT2D eigenvalue weighted by atomic mass is 9.91. The van der Waals surface area contributed by atoms with E-state index >= 15 is 0 Å². The summed E-state index contributed by atoms with van der Waals surface area (Å²) in [4.78, 5) is 42.5. The minimum Gasteiger partial charge on any atom is -0.496 e. The van der Waals surface area contributed by atoms with E-state index in [4.69, 9.17) is 21.1 Å². The first-order valence-electron chi connectivity index (χ1n) is 14.6. The molecular formula is C34H36ClN3O5S. The minimum absolute atomic E-state index is 0.0588. The van der Waals surface area contributed by atoms with Gasteiger partial charge in [0.2, 0.25) is 0 Å². The Morgan fingerprint density at radius 2 is 1.61 bits per heavy atom. The minimum atomic E-state index is -0.445. The van der Waals surface area contributed by atoms with Crippen molar-refractivity contribution >= 4 is 50.9 Å². The summed E-state index contributed by atoms with van der Waals surface area (Å²) in [7, 11) is 6.62. The van der Waals surface area contributed by atoms with Gasteiger partial charge in [-0.25, -0.2) is 4.79 Å². The number of alkyl carbamates (subject to hydrolysis) is 1. The van der Waals surface area contributed by atoms with Crippen molar-refractivity contribution in [2.45, 2.75) is 44.4 Å². The van der Waals surface area contributed by atoms with Crippen LogP contribution in [-0.2, 0) is 11.3 Å². The third kappa shape index (κ3) is 6.69. The summed E-state index contributed by atoms with van der Waals surface area (Å²) in [5.41, 5.74) is 3.36. The molecule has 1 fully saturated rings. The molecule has 0 bridgehead atoms. The average molecular weight is 634 g/mol. The molecule has 1 aliphatic rings. The highest BCUT2D eigenvalue weighted by Gasteiger charge is 2.33. The summed E-state index contributed by atoms with van der Waals surface area (Å²) in [5.74, 6) is 0.479. The SMILES string of the molecule is CNC(=O)OC1CCC(N(Cc2cc(-c3ccc(C(=O)N(C)C)cc3)ccc2OC)C(=O)c2sc3ccccc3c2Cl)CC1. The molecule has 0 atom stereocenters. The molecule has 1 saturated carbocycles. The summed E-state index contributed by atoms with van der Waals surface area (Å²) >= 11 is 8.20. The average Bonchev–Trinajstić information content (AvgIpc) is 3.39. The second-order valence-corrected chi connectivity index (χ2v) is 12.5. The number of fused-ring (bicyclic) bond motifs is 1. The number of thiophene rings is 1. The van der Waals surface area contributed by atoms with Crippen molar-refractivity contribution in [3.63, 3.8) is 0 Å². The smallest absolute Gasteiger partial charge is 0.407 e. The van der Waals surface area contributed by atoms with Crippen molar-refractivity contribution in [1.29, 1.82) is 0 Å². The molecule has 44 heavy (non-hydrogen) atoms. The largest absolute Gasteiger partial charge is 0.496 e. The fourth-order valence-corrected chi connectivity index (χ4v) is 7.13. The van der Waals surface area contributed by atoms with Crippen LogP contribution in [0.15, 0.2) is 66.7 Å². The predicted octanol–water partition coefficient (Wildman–Crippen LogP) is 7.24. The number of halogens is 1. The highest BCUT2D eigenvalue weighted by atomic mass is 35.5. The van der Waals surface area contributed by atoms with Crippen LogP contribution < -0.4 is 10.1 Å². The Morgan fingerprint density at radius 1 is 0.932 bits per heavy atom. The third-order valence-electron chi connectivity index (χ3n) is 8.04. The van der Waals surface area contributed by atoms with Crippen LogP contribution in [-0.4, -0.2) is 68.1 Å². The zero-order chi connectivity index (χ0) is 31.4. The van der Waals surface area contributed by atoms with Gasteiger partial charge in [-0.15, -0.1) is 11.3 Å². The molecule has 3 amide bonds. The lowest BCUT2D eigenvalue weighted by molar-refractivity contribution is 0.0382. The number of nitrogens with zero attached hydrogens (tertiary/aromatic N) is 2. The third-order valence-corrected chi connectivity index (χ3v) is 9.71. The van der Waals surface area contributed by atoms with E-state index in [2.05, 4.69) is 5.32 Å². The molecule has 0 saturated heterocycles. The number of benzene rings is 3. The van der Waals surface area contributed by atoms with Gasteiger partial charge in [-0.05, 0) is 67.1 Å². The van der Waals surface area contributed by atoms with Crippen LogP contribution in [0.5, 0.6) is 5.75 Å². The highest BCUT2D eigenvalue weighted by molar-refractivity contribution is 7.21. The normalized spacial score (nSPS) is 16.3.